The third-order valence-corrected chi connectivity index (χ3v) is 2.22. The summed E-state index contributed by atoms with van der Waals surface area (Å²) in [6.45, 7) is 6.86. The second kappa shape index (κ2) is 3.58. The maximum Gasteiger partial charge on any atom is 0.240 e. The van der Waals surface area contributed by atoms with Crippen molar-refractivity contribution < 1.29 is 5.11 Å². The SMILES string of the molecule is [C-]#[N+]CC(O)C1CCCC1. The van der Waals surface area contributed by atoms with Gasteiger partial charge in [-0.15, -0.1) is 0 Å². The van der Waals surface area contributed by atoms with Crippen LogP contribution >= 0.6 is 0 Å². The fraction of sp³-hybridized carbons (Fsp3) is 0.875. The van der Waals surface area contributed by atoms with Crippen LogP contribution in [0.4, 0.5) is 0 Å². The molecule has 1 rings (SSSR count). The molecule has 0 aromatic carbocycles. The van der Waals surface area contributed by atoms with Gasteiger partial charge in [-0.25, -0.2) is 6.57 Å². The lowest BCUT2D eigenvalue weighted by atomic mass is 10.0. The zero-order chi connectivity index (χ0) is 7.40. The smallest absolute Gasteiger partial charge is 0.240 e. The summed E-state index contributed by atoms with van der Waals surface area (Å²) in [6.07, 6.45) is 4.37. The lowest BCUT2D eigenvalue weighted by molar-refractivity contribution is 0.126. The normalized spacial score (nSPS) is 22.4. The Kier molecular flexibility index (Phi) is 2.70. The Morgan fingerprint density at radius 2 is 2.10 bits per heavy atom. The van der Waals surface area contributed by atoms with Crippen molar-refractivity contribution in [2.45, 2.75) is 31.8 Å². The predicted molar refractivity (Wildman–Crippen MR) is 39.4 cm³/mol. The third-order valence-electron chi connectivity index (χ3n) is 2.22. The van der Waals surface area contributed by atoms with E-state index in [1.165, 1.54) is 12.8 Å². The van der Waals surface area contributed by atoms with Gasteiger partial charge in [0.25, 0.3) is 0 Å². The highest BCUT2D eigenvalue weighted by atomic mass is 16.3. The molecule has 1 fully saturated rings. The molecule has 0 amide bonds. The summed E-state index contributed by atoms with van der Waals surface area (Å²) in [4.78, 5) is 3.18. The summed E-state index contributed by atoms with van der Waals surface area (Å²) in [5.41, 5.74) is 0. The van der Waals surface area contributed by atoms with Crippen LogP contribution in [0, 0.1) is 12.5 Å². The van der Waals surface area contributed by atoms with E-state index < -0.39 is 0 Å². The molecule has 0 aromatic rings. The van der Waals surface area contributed by atoms with Crippen molar-refractivity contribution in [1.29, 1.82) is 0 Å². The molecule has 1 saturated carbocycles. The predicted octanol–water partition coefficient (Wildman–Crippen LogP) is 1.46. The molecule has 1 N–H and O–H groups in total. The highest BCUT2D eigenvalue weighted by Crippen LogP contribution is 2.27. The quantitative estimate of drug-likeness (QED) is 0.575. The minimum atomic E-state index is -0.347. The largest absolute Gasteiger partial charge is 0.385 e. The van der Waals surface area contributed by atoms with Crippen LogP contribution < -0.4 is 0 Å². The molecule has 1 aliphatic rings. The van der Waals surface area contributed by atoms with Crippen LogP contribution in [0.3, 0.4) is 0 Å². The van der Waals surface area contributed by atoms with E-state index in [1.807, 2.05) is 0 Å². The second-order valence-corrected chi connectivity index (χ2v) is 2.95. The van der Waals surface area contributed by atoms with Crippen molar-refractivity contribution in [3.8, 4) is 0 Å². The Balaban J connectivity index is 2.26. The minimum absolute atomic E-state index is 0.296. The molecule has 0 saturated heterocycles. The molecule has 1 unspecified atom stereocenters. The van der Waals surface area contributed by atoms with Crippen LogP contribution in [0.1, 0.15) is 25.7 Å². The lowest BCUT2D eigenvalue weighted by Crippen LogP contribution is -2.19. The Hall–Kier alpha value is -0.550. The lowest BCUT2D eigenvalue weighted by Gasteiger charge is -2.10. The van der Waals surface area contributed by atoms with Gasteiger partial charge < -0.3 is 9.95 Å². The monoisotopic (exact) mass is 139 g/mol. The van der Waals surface area contributed by atoms with Gasteiger partial charge in [-0.05, 0) is 18.8 Å². The summed E-state index contributed by atoms with van der Waals surface area (Å²) in [6, 6.07) is 0. The first-order chi connectivity index (χ1) is 4.84. The van der Waals surface area contributed by atoms with Crippen molar-refractivity contribution >= 4 is 0 Å². The molecule has 10 heavy (non-hydrogen) atoms. The first-order valence-corrected chi connectivity index (χ1v) is 3.86. The van der Waals surface area contributed by atoms with Gasteiger partial charge in [-0.2, -0.15) is 0 Å². The molecule has 2 nitrogen and oxygen atoms in total. The standard InChI is InChI=1S/C8H13NO/c1-9-6-8(10)7-4-2-3-5-7/h7-8,10H,2-6H2. The number of rotatable bonds is 2. The van der Waals surface area contributed by atoms with Gasteiger partial charge in [0.1, 0.15) is 6.10 Å². The van der Waals surface area contributed by atoms with Crippen LogP contribution in [-0.2, 0) is 0 Å². The van der Waals surface area contributed by atoms with Crippen LogP contribution in [0.5, 0.6) is 0 Å². The fourth-order valence-corrected chi connectivity index (χ4v) is 1.58. The molecule has 0 spiro atoms. The summed E-state index contributed by atoms with van der Waals surface area (Å²) >= 11 is 0. The average Bonchev–Trinajstić information content (AvgIpc) is 2.38. The van der Waals surface area contributed by atoms with Gasteiger partial charge in [0.15, 0.2) is 0 Å². The molecule has 1 aliphatic carbocycles. The maximum atomic E-state index is 9.34. The zero-order valence-corrected chi connectivity index (χ0v) is 6.08. The molecule has 56 valence electrons. The van der Waals surface area contributed by atoms with Crippen molar-refractivity contribution in [2.24, 2.45) is 5.92 Å². The van der Waals surface area contributed by atoms with Crippen LogP contribution in [-0.4, -0.2) is 17.8 Å². The molecule has 0 heterocycles. The highest BCUT2D eigenvalue weighted by molar-refractivity contribution is 4.79. The highest BCUT2D eigenvalue weighted by Gasteiger charge is 2.24. The molecule has 0 radical (unpaired) electrons. The zero-order valence-electron chi connectivity index (χ0n) is 6.08. The summed E-state index contributed by atoms with van der Waals surface area (Å²) in [5, 5.41) is 9.34. The molecular formula is C8H13NO. The Morgan fingerprint density at radius 1 is 1.50 bits per heavy atom. The van der Waals surface area contributed by atoms with Gasteiger partial charge in [-0.3, -0.25) is 0 Å². The van der Waals surface area contributed by atoms with Crippen molar-refractivity contribution in [3.63, 3.8) is 0 Å². The van der Waals surface area contributed by atoms with Crippen LogP contribution in [0.15, 0.2) is 0 Å². The number of hydrogen-bond acceptors (Lipinski definition) is 1. The van der Waals surface area contributed by atoms with Crippen LogP contribution in [0.2, 0.25) is 0 Å². The summed E-state index contributed by atoms with van der Waals surface area (Å²) in [5.74, 6) is 0.425. The van der Waals surface area contributed by atoms with E-state index in [4.69, 9.17) is 6.57 Å². The average molecular weight is 139 g/mol. The maximum absolute atomic E-state index is 9.34. The van der Waals surface area contributed by atoms with Crippen LogP contribution in [0.25, 0.3) is 4.85 Å². The van der Waals surface area contributed by atoms with Crippen molar-refractivity contribution in [1.82, 2.24) is 0 Å². The Morgan fingerprint density at radius 3 is 2.60 bits per heavy atom. The Bertz CT molecular complexity index is 133. The molecule has 0 aromatic heterocycles. The van der Waals surface area contributed by atoms with E-state index in [0.29, 0.717) is 12.5 Å². The minimum Gasteiger partial charge on any atom is -0.385 e. The van der Waals surface area contributed by atoms with E-state index >= 15 is 0 Å². The van der Waals surface area contributed by atoms with Gasteiger partial charge in [-0.1, -0.05) is 12.8 Å². The first kappa shape index (κ1) is 7.56. The fourth-order valence-electron chi connectivity index (χ4n) is 1.58. The topological polar surface area (TPSA) is 24.6 Å². The first-order valence-electron chi connectivity index (χ1n) is 3.86. The van der Waals surface area contributed by atoms with E-state index in [-0.39, 0.29) is 6.10 Å². The number of nitrogens with zero attached hydrogens (tertiary/aromatic N) is 1. The number of aliphatic hydroxyl groups is 1. The number of aliphatic hydroxyl groups excluding tert-OH is 1. The van der Waals surface area contributed by atoms with Gasteiger partial charge >= 0.3 is 0 Å². The molecule has 0 bridgehead atoms. The van der Waals surface area contributed by atoms with Crippen molar-refractivity contribution in [2.75, 3.05) is 6.54 Å². The molecule has 0 aliphatic heterocycles. The van der Waals surface area contributed by atoms with Crippen molar-refractivity contribution in [3.05, 3.63) is 11.4 Å². The molecular weight excluding hydrogens is 126 g/mol. The molecule has 1 atom stereocenters. The van der Waals surface area contributed by atoms with Gasteiger partial charge in [0.2, 0.25) is 6.54 Å². The third kappa shape index (κ3) is 1.71. The van der Waals surface area contributed by atoms with E-state index in [9.17, 15) is 5.11 Å². The van der Waals surface area contributed by atoms with Gasteiger partial charge in [0, 0.05) is 0 Å². The summed E-state index contributed by atoms with van der Waals surface area (Å²) in [7, 11) is 0. The van der Waals surface area contributed by atoms with E-state index in [1.54, 1.807) is 0 Å². The Labute approximate surface area is 61.7 Å². The second-order valence-electron chi connectivity index (χ2n) is 2.95. The number of hydrogen-bond donors (Lipinski definition) is 1. The molecule has 2 heteroatoms. The summed E-state index contributed by atoms with van der Waals surface area (Å²) < 4.78 is 0. The van der Waals surface area contributed by atoms with Gasteiger partial charge in [0.05, 0.1) is 0 Å². The van der Waals surface area contributed by atoms with E-state index in [0.717, 1.165) is 12.8 Å². The van der Waals surface area contributed by atoms with E-state index in [2.05, 4.69) is 4.85 Å².